The van der Waals surface area contributed by atoms with Gasteiger partial charge in [-0.1, -0.05) is 6.07 Å². The monoisotopic (exact) mass is 265 g/mol. The average molecular weight is 265 g/mol. The van der Waals surface area contributed by atoms with Crippen LogP contribution in [-0.2, 0) is 11.3 Å². The molecule has 0 bridgehead atoms. The zero-order valence-electron chi connectivity index (χ0n) is 11.2. The fraction of sp³-hybridized carbons (Fsp3) is 0.500. The van der Waals surface area contributed by atoms with Crippen molar-refractivity contribution < 1.29 is 19.4 Å². The molecule has 0 unspecified atom stereocenters. The molecule has 2 rings (SSSR count). The third-order valence-corrected chi connectivity index (χ3v) is 3.08. The summed E-state index contributed by atoms with van der Waals surface area (Å²) in [5.74, 6) is 0.602. The number of carboxylic acid groups (broad SMARTS) is 1. The molecule has 0 saturated carbocycles. The summed E-state index contributed by atoms with van der Waals surface area (Å²) in [6.07, 6.45) is 0.869. The second kappa shape index (κ2) is 5.48. The van der Waals surface area contributed by atoms with E-state index in [1.54, 1.807) is 13.8 Å². The molecule has 0 fully saturated rings. The molecule has 1 heterocycles. The molecule has 0 atom stereocenters. The normalized spacial score (nSPS) is 14.8. The van der Waals surface area contributed by atoms with Gasteiger partial charge in [0.1, 0.15) is 5.54 Å². The van der Waals surface area contributed by atoms with Crippen molar-refractivity contribution in [2.75, 3.05) is 13.2 Å². The molecule has 0 aromatic heterocycles. The van der Waals surface area contributed by atoms with E-state index < -0.39 is 11.5 Å². The molecule has 1 aliphatic heterocycles. The highest BCUT2D eigenvalue weighted by molar-refractivity contribution is 5.77. The molecule has 0 aliphatic carbocycles. The number of carbonyl (C=O) groups is 1. The van der Waals surface area contributed by atoms with Crippen molar-refractivity contribution in [2.24, 2.45) is 0 Å². The van der Waals surface area contributed by atoms with E-state index in [0.717, 1.165) is 23.5 Å². The topological polar surface area (TPSA) is 67.8 Å². The third kappa shape index (κ3) is 3.38. The van der Waals surface area contributed by atoms with Crippen LogP contribution in [0.5, 0.6) is 11.5 Å². The molecule has 1 aromatic carbocycles. The molecular weight excluding hydrogens is 246 g/mol. The minimum absolute atomic E-state index is 0.468. The molecule has 19 heavy (non-hydrogen) atoms. The van der Waals surface area contributed by atoms with E-state index >= 15 is 0 Å². The van der Waals surface area contributed by atoms with Crippen molar-refractivity contribution in [3.63, 3.8) is 0 Å². The zero-order chi connectivity index (χ0) is 13.9. The van der Waals surface area contributed by atoms with Gasteiger partial charge >= 0.3 is 5.97 Å². The quantitative estimate of drug-likeness (QED) is 0.869. The highest BCUT2D eigenvalue weighted by atomic mass is 16.5. The largest absolute Gasteiger partial charge is 0.490 e. The van der Waals surface area contributed by atoms with Crippen LogP contribution < -0.4 is 14.8 Å². The first-order chi connectivity index (χ1) is 8.99. The van der Waals surface area contributed by atoms with Gasteiger partial charge in [-0.15, -0.1) is 0 Å². The van der Waals surface area contributed by atoms with Gasteiger partial charge in [0.05, 0.1) is 13.2 Å². The van der Waals surface area contributed by atoms with Crippen molar-refractivity contribution in [1.82, 2.24) is 5.32 Å². The summed E-state index contributed by atoms with van der Waals surface area (Å²) in [6, 6.07) is 5.68. The van der Waals surface area contributed by atoms with E-state index in [1.165, 1.54) is 0 Å². The predicted octanol–water partition coefficient (Wildman–Crippen LogP) is 1.80. The Balaban J connectivity index is 2.06. The summed E-state index contributed by atoms with van der Waals surface area (Å²) in [5.41, 5.74) is 0.0167. The van der Waals surface area contributed by atoms with Crippen LogP contribution in [0.3, 0.4) is 0 Å². The Bertz CT molecular complexity index is 471. The molecule has 0 radical (unpaired) electrons. The maximum atomic E-state index is 11.0. The number of nitrogens with one attached hydrogen (secondary N) is 1. The van der Waals surface area contributed by atoms with Crippen LogP contribution in [0.4, 0.5) is 0 Å². The number of rotatable bonds is 4. The summed E-state index contributed by atoms with van der Waals surface area (Å²) in [5, 5.41) is 12.0. The molecule has 0 amide bonds. The molecule has 0 saturated heterocycles. The van der Waals surface area contributed by atoms with Gasteiger partial charge < -0.3 is 14.6 Å². The van der Waals surface area contributed by atoms with Crippen LogP contribution >= 0.6 is 0 Å². The molecule has 2 N–H and O–H groups in total. The van der Waals surface area contributed by atoms with Crippen LogP contribution in [0.2, 0.25) is 0 Å². The second-order valence-electron chi connectivity index (χ2n) is 5.12. The van der Waals surface area contributed by atoms with E-state index in [-0.39, 0.29) is 0 Å². The SMILES string of the molecule is CC(C)(NCc1ccc2c(c1)OCCCO2)C(=O)O. The van der Waals surface area contributed by atoms with Gasteiger partial charge in [0.25, 0.3) is 0 Å². The molecule has 0 spiro atoms. The van der Waals surface area contributed by atoms with Crippen molar-refractivity contribution in [2.45, 2.75) is 32.4 Å². The standard InChI is InChI=1S/C14H19NO4/c1-14(2,13(16)17)15-9-10-4-5-11-12(8-10)19-7-3-6-18-11/h4-5,8,15H,3,6-7,9H2,1-2H3,(H,16,17). The van der Waals surface area contributed by atoms with Crippen LogP contribution in [0.15, 0.2) is 18.2 Å². The first kappa shape index (κ1) is 13.7. The summed E-state index contributed by atoms with van der Waals surface area (Å²) in [4.78, 5) is 11.0. The van der Waals surface area contributed by atoms with Crippen molar-refractivity contribution >= 4 is 5.97 Å². The van der Waals surface area contributed by atoms with Gasteiger partial charge in [0.2, 0.25) is 0 Å². The Hall–Kier alpha value is -1.75. The fourth-order valence-electron chi connectivity index (χ4n) is 1.72. The highest BCUT2D eigenvalue weighted by Gasteiger charge is 2.26. The summed E-state index contributed by atoms with van der Waals surface area (Å²) in [7, 11) is 0. The predicted molar refractivity (Wildman–Crippen MR) is 70.6 cm³/mol. The zero-order valence-corrected chi connectivity index (χ0v) is 11.2. The first-order valence-electron chi connectivity index (χ1n) is 6.36. The van der Waals surface area contributed by atoms with Crippen LogP contribution in [0.1, 0.15) is 25.8 Å². The molecule has 1 aliphatic rings. The van der Waals surface area contributed by atoms with Gasteiger partial charge in [-0.2, -0.15) is 0 Å². The number of aliphatic carboxylic acids is 1. The van der Waals surface area contributed by atoms with Crippen molar-refractivity contribution in [1.29, 1.82) is 0 Å². The minimum atomic E-state index is -0.954. The van der Waals surface area contributed by atoms with Crippen LogP contribution in [-0.4, -0.2) is 29.8 Å². The number of carboxylic acids is 1. The van der Waals surface area contributed by atoms with Crippen LogP contribution in [0, 0.1) is 0 Å². The minimum Gasteiger partial charge on any atom is -0.490 e. The van der Waals surface area contributed by atoms with Gasteiger partial charge in [0, 0.05) is 13.0 Å². The van der Waals surface area contributed by atoms with E-state index in [0.29, 0.717) is 19.8 Å². The lowest BCUT2D eigenvalue weighted by Crippen LogP contribution is -2.46. The van der Waals surface area contributed by atoms with E-state index in [1.807, 2.05) is 18.2 Å². The number of ether oxygens (including phenoxy) is 2. The summed E-state index contributed by atoms with van der Waals surface area (Å²) in [6.45, 7) is 5.05. The average Bonchev–Trinajstić information content (AvgIpc) is 2.60. The Labute approximate surface area is 112 Å². The lowest BCUT2D eigenvalue weighted by atomic mass is 10.1. The number of hydrogen-bond donors (Lipinski definition) is 2. The van der Waals surface area contributed by atoms with Gasteiger partial charge in [-0.05, 0) is 31.5 Å². The van der Waals surface area contributed by atoms with Crippen molar-refractivity contribution in [3.05, 3.63) is 23.8 Å². The molecule has 5 heteroatoms. The van der Waals surface area contributed by atoms with Crippen LogP contribution in [0.25, 0.3) is 0 Å². The van der Waals surface area contributed by atoms with E-state index in [4.69, 9.17) is 14.6 Å². The molecule has 1 aromatic rings. The first-order valence-corrected chi connectivity index (χ1v) is 6.36. The fourth-order valence-corrected chi connectivity index (χ4v) is 1.72. The number of fused-ring (bicyclic) bond motifs is 1. The number of benzene rings is 1. The lowest BCUT2D eigenvalue weighted by Gasteiger charge is -2.21. The number of hydrogen-bond acceptors (Lipinski definition) is 4. The smallest absolute Gasteiger partial charge is 0.323 e. The van der Waals surface area contributed by atoms with Gasteiger partial charge in [-0.25, -0.2) is 0 Å². The summed E-state index contributed by atoms with van der Waals surface area (Å²) < 4.78 is 11.1. The second-order valence-corrected chi connectivity index (χ2v) is 5.12. The highest BCUT2D eigenvalue weighted by Crippen LogP contribution is 2.30. The molecule has 104 valence electrons. The Morgan fingerprint density at radius 1 is 1.32 bits per heavy atom. The van der Waals surface area contributed by atoms with E-state index in [2.05, 4.69) is 5.32 Å². The Morgan fingerprint density at radius 2 is 2.00 bits per heavy atom. The molecular formula is C14H19NO4. The van der Waals surface area contributed by atoms with E-state index in [9.17, 15) is 4.79 Å². The van der Waals surface area contributed by atoms with Crippen molar-refractivity contribution in [3.8, 4) is 11.5 Å². The Morgan fingerprint density at radius 3 is 2.68 bits per heavy atom. The Kier molecular flexibility index (Phi) is 3.95. The van der Waals surface area contributed by atoms with Gasteiger partial charge in [-0.3, -0.25) is 10.1 Å². The maximum Gasteiger partial charge on any atom is 0.323 e. The molecule has 5 nitrogen and oxygen atoms in total. The maximum absolute atomic E-state index is 11.0. The van der Waals surface area contributed by atoms with Gasteiger partial charge in [0.15, 0.2) is 11.5 Å². The third-order valence-electron chi connectivity index (χ3n) is 3.08. The summed E-state index contributed by atoms with van der Waals surface area (Å²) >= 11 is 0. The lowest BCUT2D eigenvalue weighted by molar-refractivity contribution is -0.143.